The van der Waals surface area contributed by atoms with Crippen LogP contribution in [0.4, 0.5) is 5.69 Å². The number of hydrogen-bond donors (Lipinski definition) is 1. The number of sulfonamides is 1. The zero-order valence-corrected chi connectivity index (χ0v) is 25.4. The van der Waals surface area contributed by atoms with Gasteiger partial charge in [0, 0.05) is 12.6 Å². The lowest BCUT2D eigenvalue weighted by Crippen LogP contribution is -2.52. The molecule has 2 amide bonds. The number of hydrogen-bond acceptors (Lipinski definition) is 4. The lowest BCUT2D eigenvalue weighted by molar-refractivity contribution is -0.139. The van der Waals surface area contributed by atoms with Gasteiger partial charge in [-0.1, -0.05) is 60.5 Å². The van der Waals surface area contributed by atoms with Crippen molar-refractivity contribution in [2.24, 2.45) is 0 Å². The van der Waals surface area contributed by atoms with E-state index in [0.717, 1.165) is 38.5 Å². The number of carbonyl (C=O) groups excluding carboxylic acids is 2. The fourth-order valence-electron chi connectivity index (χ4n) is 4.52. The summed E-state index contributed by atoms with van der Waals surface area (Å²) in [7, 11) is -4.10. The normalized spacial score (nSPS) is 12.9. The Hall–Kier alpha value is -3.65. The van der Waals surface area contributed by atoms with Gasteiger partial charge in [0.25, 0.3) is 10.0 Å². The molecular weight excluding hydrogens is 522 g/mol. The Morgan fingerprint density at radius 1 is 0.825 bits per heavy atom. The van der Waals surface area contributed by atoms with Gasteiger partial charge >= 0.3 is 0 Å². The number of amides is 2. The molecule has 0 saturated heterocycles. The predicted octanol–water partition coefficient (Wildman–Crippen LogP) is 5.45. The summed E-state index contributed by atoms with van der Waals surface area (Å²) in [6, 6.07) is 18.9. The van der Waals surface area contributed by atoms with Crippen LogP contribution in [0.15, 0.2) is 71.6 Å². The summed E-state index contributed by atoms with van der Waals surface area (Å²) in [4.78, 5) is 28.8. The molecule has 1 N–H and O–H groups in total. The van der Waals surface area contributed by atoms with E-state index in [1.807, 2.05) is 71.9 Å². The Kier molecular flexibility index (Phi) is 10.1. The van der Waals surface area contributed by atoms with Gasteiger partial charge in [0.2, 0.25) is 11.8 Å². The molecule has 3 aromatic rings. The molecule has 0 heterocycles. The Morgan fingerprint density at radius 3 is 2.02 bits per heavy atom. The second kappa shape index (κ2) is 13.1. The quantitative estimate of drug-likeness (QED) is 0.336. The third-order valence-corrected chi connectivity index (χ3v) is 8.77. The molecule has 8 heteroatoms. The van der Waals surface area contributed by atoms with Crippen LogP contribution in [0.25, 0.3) is 0 Å². The van der Waals surface area contributed by atoms with Crippen molar-refractivity contribution in [3.8, 4) is 0 Å². The third kappa shape index (κ3) is 7.72. The van der Waals surface area contributed by atoms with Gasteiger partial charge in [-0.2, -0.15) is 0 Å². The standard InChI is InChI=1S/C32H41N3O4S/c1-8-26(6)33-32(37)27(7)34(20-28-11-9-10-23(3)17-28)31(36)21-35(29-18-24(4)16-25(5)19-29)40(38,39)30-14-12-22(2)13-15-30/h9-19,26-27H,8,20-21H2,1-7H3,(H,33,37)/t26-,27-/m0/s1. The molecule has 214 valence electrons. The van der Waals surface area contributed by atoms with Crippen molar-refractivity contribution in [3.05, 3.63) is 94.5 Å². The zero-order valence-electron chi connectivity index (χ0n) is 24.6. The van der Waals surface area contributed by atoms with E-state index in [0.29, 0.717) is 5.69 Å². The van der Waals surface area contributed by atoms with Gasteiger partial charge in [-0.3, -0.25) is 13.9 Å². The van der Waals surface area contributed by atoms with Crippen LogP contribution >= 0.6 is 0 Å². The maximum Gasteiger partial charge on any atom is 0.264 e. The molecule has 0 aliphatic heterocycles. The predicted molar refractivity (Wildman–Crippen MR) is 161 cm³/mol. The van der Waals surface area contributed by atoms with Crippen LogP contribution in [-0.2, 0) is 26.2 Å². The zero-order chi connectivity index (χ0) is 29.6. The summed E-state index contributed by atoms with van der Waals surface area (Å²) in [5.74, 6) is -0.752. The highest BCUT2D eigenvalue weighted by molar-refractivity contribution is 7.92. The van der Waals surface area contributed by atoms with Crippen molar-refractivity contribution in [2.75, 3.05) is 10.8 Å². The Bertz CT molecular complexity index is 1430. The largest absolute Gasteiger partial charge is 0.352 e. The maximum atomic E-state index is 14.1. The van der Waals surface area contributed by atoms with Gasteiger partial charge in [0.05, 0.1) is 10.6 Å². The van der Waals surface area contributed by atoms with Gasteiger partial charge in [0.1, 0.15) is 12.6 Å². The summed E-state index contributed by atoms with van der Waals surface area (Å²) < 4.78 is 29.1. The first kappa shape index (κ1) is 30.9. The van der Waals surface area contributed by atoms with Gasteiger partial charge in [-0.05, 0) is 88.9 Å². The van der Waals surface area contributed by atoms with E-state index >= 15 is 0 Å². The van der Waals surface area contributed by atoms with Gasteiger partial charge in [-0.15, -0.1) is 0 Å². The summed E-state index contributed by atoms with van der Waals surface area (Å²) in [5, 5.41) is 2.96. The van der Waals surface area contributed by atoms with Crippen LogP contribution in [0.3, 0.4) is 0 Å². The number of rotatable bonds is 11. The molecule has 0 unspecified atom stereocenters. The smallest absolute Gasteiger partial charge is 0.264 e. The van der Waals surface area contributed by atoms with Gasteiger partial charge < -0.3 is 10.2 Å². The number of nitrogens with zero attached hydrogens (tertiary/aromatic N) is 2. The molecule has 0 spiro atoms. The number of nitrogens with one attached hydrogen (secondary N) is 1. The molecule has 3 rings (SSSR count). The second-order valence-electron chi connectivity index (χ2n) is 10.7. The van der Waals surface area contributed by atoms with E-state index in [-0.39, 0.29) is 23.4 Å². The topological polar surface area (TPSA) is 86.8 Å². The molecule has 0 aliphatic rings. The molecule has 0 fully saturated rings. The van der Waals surface area contributed by atoms with Crippen LogP contribution in [0.5, 0.6) is 0 Å². The fourth-order valence-corrected chi connectivity index (χ4v) is 5.91. The second-order valence-corrected chi connectivity index (χ2v) is 12.5. The monoisotopic (exact) mass is 563 g/mol. The van der Waals surface area contributed by atoms with Gasteiger partial charge in [0.15, 0.2) is 0 Å². The van der Waals surface area contributed by atoms with E-state index in [4.69, 9.17) is 0 Å². The molecule has 7 nitrogen and oxygen atoms in total. The van der Waals surface area contributed by atoms with Crippen LogP contribution in [0, 0.1) is 27.7 Å². The molecular formula is C32H41N3O4S. The van der Waals surface area contributed by atoms with Crippen molar-refractivity contribution in [1.29, 1.82) is 0 Å². The minimum Gasteiger partial charge on any atom is -0.352 e. The number of benzene rings is 3. The summed E-state index contributed by atoms with van der Waals surface area (Å²) in [5.41, 5.74) is 4.97. The van der Waals surface area contributed by atoms with Crippen molar-refractivity contribution in [1.82, 2.24) is 10.2 Å². The SMILES string of the molecule is CC[C@H](C)NC(=O)[C@H](C)N(Cc1cccc(C)c1)C(=O)CN(c1cc(C)cc(C)c1)S(=O)(=O)c1ccc(C)cc1. The number of aryl methyl sites for hydroxylation is 4. The molecule has 0 aromatic heterocycles. The summed E-state index contributed by atoms with van der Waals surface area (Å²) >= 11 is 0. The van der Waals surface area contributed by atoms with Crippen molar-refractivity contribution >= 4 is 27.5 Å². The van der Waals surface area contributed by atoms with Crippen LogP contribution in [0.1, 0.15) is 55.0 Å². The Morgan fingerprint density at radius 2 is 1.45 bits per heavy atom. The van der Waals surface area contributed by atoms with E-state index in [1.165, 1.54) is 4.90 Å². The molecule has 3 aromatic carbocycles. The van der Waals surface area contributed by atoms with Crippen molar-refractivity contribution in [3.63, 3.8) is 0 Å². The number of carbonyl (C=O) groups is 2. The van der Waals surface area contributed by atoms with E-state index in [9.17, 15) is 18.0 Å². The van der Waals surface area contributed by atoms with Crippen LogP contribution in [0.2, 0.25) is 0 Å². The average Bonchev–Trinajstić information content (AvgIpc) is 2.89. The molecule has 0 radical (unpaired) electrons. The van der Waals surface area contributed by atoms with E-state index in [2.05, 4.69) is 5.32 Å². The molecule has 0 saturated carbocycles. The van der Waals surface area contributed by atoms with Crippen LogP contribution in [-0.4, -0.2) is 43.8 Å². The lowest BCUT2D eigenvalue weighted by Gasteiger charge is -2.32. The van der Waals surface area contributed by atoms with E-state index in [1.54, 1.807) is 43.3 Å². The first-order chi connectivity index (χ1) is 18.8. The minimum atomic E-state index is -4.10. The highest BCUT2D eigenvalue weighted by atomic mass is 32.2. The van der Waals surface area contributed by atoms with Gasteiger partial charge in [-0.25, -0.2) is 8.42 Å². The van der Waals surface area contributed by atoms with E-state index < -0.39 is 28.5 Å². The molecule has 0 aliphatic carbocycles. The molecule has 0 bridgehead atoms. The Balaban J connectivity index is 2.06. The summed E-state index contributed by atoms with van der Waals surface area (Å²) in [6.45, 7) is 12.9. The van der Waals surface area contributed by atoms with Crippen molar-refractivity contribution < 1.29 is 18.0 Å². The Labute approximate surface area is 239 Å². The highest BCUT2D eigenvalue weighted by Gasteiger charge is 2.33. The van der Waals surface area contributed by atoms with Crippen LogP contribution < -0.4 is 9.62 Å². The summed E-state index contributed by atoms with van der Waals surface area (Å²) in [6.07, 6.45) is 0.750. The fraction of sp³-hybridized carbons (Fsp3) is 0.375. The van der Waals surface area contributed by atoms with Crippen molar-refractivity contribution in [2.45, 2.75) is 78.4 Å². The highest BCUT2D eigenvalue weighted by Crippen LogP contribution is 2.27. The third-order valence-electron chi connectivity index (χ3n) is 6.99. The molecule has 2 atom stereocenters. The first-order valence-corrected chi connectivity index (χ1v) is 15.1. The molecule has 40 heavy (non-hydrogen) atoms. The average molecular weight is 564 g/mol. The minimum absolute atomic E-state index is 0.0560. The first-order valence-electron chi connectivity index (χ1n) is 13.6. The maximum absolute atomic E-state index is 14.1. The number of anilines is 1. The lowest BCUT2D eigenvalue weighted by atomic mass is 10.1.